The van der Waals surface area contributed by atoms with Crippen LogP contribution in [-0.2, 0) is 5.41 Å². The Morgan fingerprint density at radius 1 is 0.393 bits per heavy atom. The summed E-state index contributed by atoms with van der Waals surface area (Å²) >= 11 is 0. The molecule has 1 aromatic heterocycles. The van der Waals surface area contributed by atoms with Gasteiger partial charge in [0.25, 0.3) is 0 Å². The first-order valence-corrected chi connectivity index (χ1v) is 21.5. The molecule has 0 saturated carbocycles. The van der Waals surface area contributed by atoms with Gasteiger partial charge < -0.3 is 9.32 Å². The molecule has 0 atom stereocenters. The zero-order valence-corrected chi connectivity index (χ0v) is 32.4. The van der Waals surface area contributed by atoms with Gasteiger partial charge in [0, 0.05) is 33.2 Å². The summed E-state index contributed by atoms with van der Waals surface area (Å²) in [7, 11) is -2.73. The van der Waals surface area contributed by atoms with Gasteiger partial charge in [-0.2, -0.15) is 0 Å². The molecule has 1 heterocycles. The van der Waals surface area contributed by atoms with Crippen molar-refractivity contribution in [1.82, 2.24) is 0 Å². The van der Waals surface area contributed by atoms with Crippen LogP contribution in [-0.4, -0.2) is 8.07 Å². The molecule has 0 unspecified atom stereocenters. The van der Waals surface area contributed by atoms with Gasteiger partial charge in [0.2, 0.25) is 0 Å². The third-order valence-electron chi connectivity index (χ3n) is 12.3. The van der Waals surface area contributed by atoms with Crippen LogP contribution in [0.4, 0.5) is 17.1 Å². The number of nitrogens with zero attached hydrogens (tertiary/aromatic N) is 1. The van der Waals surface area contributed by atoms with Crippen LogP contribution in [0.3, 0.4) is 0 Å². The summed E-state index contributed by atoms with van der Waals surface area (Å²) in [6.45, 7) is 4.75. The number of hydrogen-bond donors (Lipinski definition) is 0. The summed E-state index contributed by atoms with van der Waals surface area (Å²) in [5, 5.41) is 13.0. The van der Waals surface area contributed by atoms with E-state index < -0.39 is 8.07 Å². The van der Waals surface area contributed by atoms with E-state index in [0.717, 1.165) is 39.0 Å². The minimum absolute atomic E-state index is 0.117. The number of benzene rings is 9. The second kappa shape index (κ2) is 12.4. The molecular weight excluding hydrogens is 695 g/mol. The van der Waals surface area contributed by atoms with Gasteiger partial charge >= 0.3 is 0 Å². The molecule has 0 radical (unpaired) electrons. The maximum absolute atomic E-state index is 6.64. The van der Waals surface area contributed by atoms with Crippen molar-refractivity contribution in [1.29, 1.82) is 0 Å². The van der Waals surface area contributed by atoms with Crippen molar-refractivity contribution in [2.24, 2.45) is 0 Å². The number of hydrogen-bond acceptors (Lipinski definition) is 2. The van der Waals surface area contributed by atoms with Crippen molar-refractivity contribution in [2.45, 2.75) is 19.3 Å². The van der Waals surface area contributed by atoms with Gasteiger partial charge in [-0.1, -0.05) is 166 Å². The van der Waals surface area contributed by atoms with Crippen molar-refractivity contribution in [3.8, 4) is 0 Å². The first-order valence-electron chi connectivity index (χ1n) is 19.5. The highest BCUT2D eigenvalue weighted by molar-refractivity contribution is 7.20. The zero-order valence-electron chi connectivity index (χ0n) is 31.4. The van der Waals surface area contributed by atoms with E-state index in [1.165, 1.54) is 53.4 Å². The lowest BCUT2D eigenvalue weighted by Crippen LogP contribution is -2.74. The predicted molar refractivity (Wildman–Crippen MR) is 239 cm³/mol. The van der Waals surface area contributed by atoms with Gasteiger partial charge in [-0.3, -0.25) is 0 Å². The van der Waals surface area contributed by atoms with Crippen molar-refractivity contribution in [2.75, 3.05) is 4.90 Å². The Bertz CT molecular complexity index is 3000. The lowest BCUT2D eigenvalue weighted by atomic mass is 9.81. The molecule has 2 nitrogen and oxygen atoms in total. The topological polar surface area (TPSA) is 16.4 Å². The lowest BCUT2D eigenvalue weighted by molar-refractivity contribution is 0.663. The molecule has 1 aliphatic rings. The van der Waals surface area contributed by atoms with Crippen molar-refractivity contribution in [3.63, 3.8) is 0 Å². The summed E-state index contributed by atoms with van der Waals surface area (Å²) in [6, 6.07) is 73.9. The lowest BCUT2D eigenvalue weighted by Gasteiger charge is -2.34. The van der Waals surface area contributed by atoms with E-state index in [2.05, 4.69) is 219 Å². The monoisotopic (exact) mass is 733 g/mol. The van der Waals surface area contributed by atoms with Gasteiger partial charge in [0.1, 0.15) is 11.2 Å². The Kier molecular flexibility index (Phi) is 7.26. The van der Waals surface area contributed by atoms with Gasteiger partial charge in [0.05, 0.1) is 0 Å². The van der Waals surface area contributed by atoms with Crippen LogP contribution in [0.1, 0.15) is 25.0 Å². The Morgan fingerprint density at radius 3 is 1.59 bits per heavy atom. The average Bonchev–Trinajstić information content (AvgIpc) is 3.73. The Labute approximate surface area is 327 Å². The molecule has 0 fully saturated rings. The summed E-state index contributed by atoms with van der Waals surface area (Å²) in [5.41, 5.74) is 7.80. The average molecular weight is 734 g/mol. The van der Waals surface area contributed by atoms with Crippen LogP contribution in [0.25, 0.3) is 43.5 Å². The van der Waals surface area contributed by atoms with E-state index in [-0.39, 0.29) is 5.41 Å². The molecule has 0 bridgehead atoms. The normalized spacial score (nSPS) is 13.3. The molecule has 3 heteroatoms. The number of anilines is 3. The first kappa shape index (κ1) is 32.7. The Morgan fingerprint density at radius 2 is 0.946 bits per heavy atom. The van der Waals surface area contributed by atoms with E-state index in [1.807, 2.05) is 0 Å². The standard InChI is InChI=1S/C53H39NOSi/c1-53(2)47-25-15-16-36-26-27-37-32-40(34-48(53)52(37)51(36)47)54(38-17-7-3-8-18-38)39-28-30-49-45(33-39)46-35-44(29-31-50(46)55-49)56(41-19-9-4-10-20-41,42-21-11-5-12-22-42)43-23-13-6-14-24-43/h3-35H,1-2H3. The second-order valence-corrected chi connectivity index (χ2v) is 19.5. The quantitative estimate of drug-likeness (QED) is 0.0921. The fraction of sp³-hybridized carbons (Fsp3) is 0.0566. The molecule has 1 aliphatic carbocycles. The zero-order chi connectivity index (χ0) is 37.4. The maximum Gasteiger partial charge on any atom is 0.179 e. The number of rotatable bonds is 7. The molecule has 10 aromatic rings. The number of furan rings is 1. The molecule has 266 valence electrons. The molecule has 11 rings (SSSR count). The fourth-order valence-electron chi connectivity index (χ4n) is 9.74. The smallest absolute Gasteiger partial charge is 0.179 e. The predicted octanol–water partition coefficient (Wildman–Crippen LogP) is 11.4. The molecule has 0 aliphatic heterocycles. The highest BCUT2D eigenvalue weighted by Crippen LogP contribution is 2.51. The van der Waals surface area contributed by atoms with Gasteiger partial charge in [-0.25, -0.2) is 0 Å². The van der Waals surface area contributed by atoms with Gasteiger partial charge in [-0.15, -0.1) is 0 Å². The SMILES string of the molecule is CC1(C)c2cccc3ccc4cc(N(c5ccccc5)c5ccc6oc7ccc([Si](c8ccccc8)(c8ccccc8)c8ccccc8)cc7c6c5)cc1c4c23. The van der Waals surface area contributed by atoms with Crippen LogP contribution in [0.5, 0.6) is 0 Å². The van der Waals surface area contributed by atoms with E-state index in [0.29, 0.717) is 0 Å². The van der Waals surface area contributed by atoms with E-state index in [1.54, 1.807) is 0 Å². The molecule has 0 amide bonds. The summed E-state index contributed by atoms with van der Waals surface area (Å²) in [6.07, 6.45) is 0. The van der Waals surface area contributed by atoms with Crippen molar-refractivity contribution >= 4 is 89.4 Å². The van der Waals surface area contributed by atoms with Crippen LogP contribution >= 0.6 is 0 Å². The number of para-hydroxylation sites is 1. The molecule has 56 heavy (non-hydrogen) atoms. The fourth-order valence-corrected chi connectivity index (χ4v) is 14.5. The van der Waals surface area contributed by atoms with Crippen LogP contribution in [0, 0.1) is 0 Å². The Hall–Kier alpha value is -6.68. The Balaban J connectivity index is 1.14. The largest absolute Gasteiger partial charge is 0.456 e. The van der Waals surface area contributed by atoms with E-state index in [9.17, 15) is 0 Å². The number of fused-ring (bicyclic) bond motifs is 3. The summed E-state index contributed by atoms with van der Waals surface area (Å²) < 4.78 is 6.64. The van der Waals surface area contributed by atoms with E-state index in [4.69, 9.17) is 4.42 Å². The minimum Gasteiger partial charge on any atom is -0.456 e. The third-order valence-corrected chi connectivity index (χ3v) is 17.1. The third kappa shape index (κ3) is 4.74. The summed E-state index contributed by atoms with van der Waals surface area (Å²) in [4.78, 5) is 2.41. The van der Waals surface area contributed by atoms with Crippen LogP contribution in [0.2, 0.25) is 0 Å². The second-order valence-electron chi connectivity index (χ2n) is 15.7. The van der Waals surface area contributed by atoms with E-state index >= 15 is 0 Å². The highest BCUT2D eigenvalue weighted by atomic mass is 28.3. The van der Waals surface area contributed by atoms with Gasteiger partial charge in [-0.05, 0) is 102 Å². The minimum atomic E-state index is -2.73. The molecular formula is C53H39NOSi. The highest BCUT2D eigenvalue weighted by Gasteiger charge is 2.41. The van der Waals surface area contributed by atoms with Crippen LogP contribution in [0.15, 0.2) is 205 Å². The molecule has 9 aromatic carbocycles. The molecule has 0 N–H and O–H groups in total. The van der Waals surface area contributed by atoms with Gasteiger partial charge in [0.15, 0.2) is 8.07 Å². The first-order chi connectivity index (χ1) is 27.5. The maximum atomic E-state index is 6.64. The van der Waals surface area contributed by atoms with Crippen molar-refractivity contribution in [3.05, 3.63) is 211 Å². The molecule has 0 saturated heterocycles. The molecule has 0 spiro atoms. The van der Waals surface area contributed by atoms with Crippen LogP contribution < -0.4 is 25.6 Å². The van der Waals surface area contributed by atoms with Crippen molar-refractivity contribution < 1.29 is 4.42 Å². The summed E-state index contributed by atoms with van der Waals surface area (Å²) in [5.74, 6) is 0.